The van der Waals surface area contributed by atoms with Crippen LogP contribution in [0.3, 0.4) is 0 Å². The lowest BCUT2D eigenvalue weighted by Crippen LogP contribution is -2.34. The van der Waals surface area contributed by atoms with Gasteiger partial charge in [0.25, 0.3) is 0 Å². The van der Waals surface area contributed by atoms with Gasteiger partial charge in [0.2, 0.25) is 10.0 Å². The van der Waals surface area contributed by atoms with Gasteiger partial charge in [0.15, 0.2) is 0 Å². The summed E-state index contributed by atoms with van der Waals surface area (Å²) in [7, 11) is -4.26. The molecule has 2 heterocycles. The summed E-state index contributed by atoms with van der Waals surface area (Å²) in [6.07, 6.45) is -4.79. The predicted octanol–water partition coefficient (Wildman–Crippen LogP) is 1.40. The molecule has 1 N–H and O–H groups in total. The number of aliphatic carboxylic acids is 1. The number of carboxylic acids is 1. The second-order valence-electron chi connectivity index (χ2n) is 5.73. The quantitative estimate of drug-likeness (QED) is 0.866. The van der Waals surface area contributed by atoms with Gasteiger partial charge < -0.3 is 5.11 Å². The lowest BCUT2D eigenvalue weighted by Gasteiger charge is -2.18. The maximum absolute atomic E-state index is 13.1. The van der Waals surface area contributed by atoms with Crippen LogP contribution in [0, 0.1) is 25.7 Å². The molecule has 1 aliphatic rings. The van der Waals surface area contributed by atoms with Gasteiger partial charge in [-0.2, -0.15) is 22.6 Å². The van der Waals surface area contributed by atoms with Gasteiger partial charge in [-0.3, -0.25) is 9.48 Å². The van der Waals surface area contributed by atoms with E-state index < -0.39 is 47.1 Å². The van der Waals surface area contributed by atoms with Crippen molar-refractivity contribution in [1.29, 1.82) is 0 Å². The topological polar surface area (TPSA) is 92.5 Å². The third-order valence-corrected chi connectivity index (χ3v) is 6.32. The molecular formula is C13H18F3N3O4S. The van der Waals surface area contributed by atoms with Crippen LogP contribution < -0.4 is 0 Å². The smallest absolute Gasteiger partial charge is 0.393 e. The number of halogens is 3. The van der Waals surface area contributed by atoms with E-state index in [1.54, 1.807) is 6.92 Å². The van der Waals surface area contributed by atoms with E-state index in [4.69, 9.17) is 5.11 Å². The first-order chi connectivity index (χ1) is 10.9. The SMILES string of the molecule is CCn1nc(C)c(S(=O)(=O)N2C[C@@H](C(F)(F)F)[C@H](C(=O)O)C2)c1C. The number of alkyl halides is 3. The van der Waals surface area contributed by atoms with Gasteiger partial charge >= 0.3 is 12.1 Å². The normalized spacial score (nSPS) is 22.9. The Morgan fingerprint density at radius 2 is 1.92 bits per heavy atom. The standard InChI is InChI=1S/C13H18F3N3O4S/c1-4-19-8(3)11(7(2)17-19)24(22,23)18-5-9(12(20)21)10(6-18)13(14,15)16/h9-10H,4-6H2,1-3H3,(H,20,21)/t9-,10-/m1/s1. The van der Waals surface area contributed by atoms with Crippen LogP contribution in [-0.4, -0.2) is 52.8 Å². The van der Waals surface area contributed by atoms with Crippen LogP contribution >= 0.6 is 0 Å². The number of nitrogens with zero attached hydrogens (tertiary/aromatic N) is 3. The van der Waals surface area contributed by atoms with Gasteiger partial charge in [0.1, 0.15) is 4.90 Å². The molecule has 1 aliphatic heterocycles. The van der Waals surface area contributed by atoms with E-state index in [9.17, 15) is 26.4 Å². The highest BCUT2D eigenvalue weighted by atomic mass is 32.2. The Morgan fingerprint density at radius 3 is 2.29 bits per heavy atom. The summed E-state index contributed by atoms with van der Waals surface area (Å²) in [6.45, 7) is 3.52. The fraction of sp³-hybridized carbons (Fsp3) is 0.692. The zero-order valence-electron chi connectivity index (χ0n) is 13.3. The second kappa shape index (κ2) is 6.03. The average Bonchev–Trinajstić information content (AvgIpc) is 3.00. The average molecular weight is 369 g/mol. The predicted molar refractivity (Wildman–Crippen MR) is 76.8 cm³/mol. The first kappa shape index (κ1) is 18.7. The van der Waals surface area contributed by atoms with Gasteiger partial charge in [-0.15, -0.1) is 0 Å². The van der Waals surface area contributed by atoms with Crippen molar-refractivity contribution in [3.05, 3.63) is 11.4 Å². The number of carboxylic acid groups (broad SMARTS) is 1. The number of hydrogen-bond acceptors (Lipinski definition) is 4. The number of sulfonamides is 1. The van der Waals surface area contributed by atoms with Gasteiger partial charge in [0, 0.05) is 19.6 Å². The number of hydrogen-bond donors (Lipinski definition) is 1. The van der Waals surface area contributed by atoms with Crippen LogP contribution in [0.4, 0.5) is 13.2 Å². The Hall–Kier alpha value is -1.62. The first-order valence-corrected chi connectivity index (χ1v) is 8.68. The fourth-order valence-electron chi connectivity index (χ4n) is 3.04. The Kier molecular flexibility index (Phi) is 4.70. The molecule has 11 heteroatoms. The molecule has 1 aromatic rings. The molecule has 136 valence electrons. The maximum atomic E-state index is 13.1. The monoisotopic (exact) mass is 369 g/mol. The fourth-order valence-corrected chi connectivity index (χ4v) is 4.90. The molecule has 1 aromatic heterocycles. The summed E-state index contributed by atoms with van der Waals surface area (Å²) in [5.41, 5.74) is 0.494. The van der Waals surface area contributed by atoms with Crippen molar-refractivity contribution in [3.8, 4) is 0 Å². The molecule has 0 unspecified atom stereocenters. The van der Waals surface area contributed by atoms with Crippen LogP contribution in [0.25, 0.3) is 0 Å². The van der Waals surface area contributed by atoms with Crippen molar-refractivity contribution in [3.63, 3.8) is 0 Å². The molecule has 0 saturated carbocycles. The van der Waals surface area contributed by atoms with E-state index in [0.29, 0.717) is 16.5 Å². The molecule has 1 saturated heterocycles. The van der Waals surface area contributed by atoms with Crippen LogP contribution in [-0.2, 0) is 21.4 Å². The summed E-state index contributed by atoms with van der Waals surface area (Å²) < 4.78 is 66.7. The molecule has 2 rings (SSSR count). The van der Waals surface area contributed by atoms with Crippen molar-refractivity contribution >= 4 is 16.0 Å². The van der Waals surface area contributed by atoms with Gasteiger partial charge in [0.05, 0.1) is 23.2 Å². The van der Waals surface area contributed by atoms with Crippen LogP contribution in [0.1, 0.15) is 18.3 Å². The summed E-state index contributed by atoms with van der Waals surface area (Å²) in [6, 6.07) is 0. The van der Waals surface area contributed by atoms with Gasteiger partial charge in [-0.25, -0.2) is 8.42 Å². The van der Waals surface area contributed by atoms with Crippen LogP contribution in [0.5, 0.6) is 0 Å². The molecule has 7 nitrogen and oxygen atoms in total. The molecule has 1 fully saturated rings. The third kappa shape index (κ3) is 3.02. The van der Waals surface area contributed by atoms with E-state index in [0.717, 1.165) is 0 Å². The summed E-state index contributed by atoms with van der Waals surface area (Å²) in [5, 5.41) is 13.1. The lowest BCUT2D eigenvalue weighted by molar-refractivity contribution is -0.187. The molecular weight excluding hydrogens is 351 g/mol. The number of aryl methyl sites for hydroxylation is 2. The molecule has 0 amide bonds. The molecule has 2 atom stereocenters. The Labute approximate surface area is 137 Å². The van der Waals surface area contributed by atoms with Gasteiger partial charge in [-0.05, 0) is 20.8 Å². The van der Waals surface area contributed by atoms with E-state index in [1.165, 1.54) is 18.5 Å². The highest BCUT2D eigenvalue weighted by molar-refractivity contribution is 7.89. The van der Waals surface area contributed by atoms with E-state index in [1.807, 2.05) is 0 Å². The minimum absolute atomic E-state index is 0.156. The number of carbonyl (C=O) groups is 1. The minimum Gasteiger partial charge on any atom is -0.481 e. The molecule has 0 radical (unpaired) electrons. The molecule has 0 spiro atoms. The number of rotatable bonds is 4. The molecule has 0 bridgehead atoms. The van der Waals surface area contributed by atoms with Crippen molar-refractivity contribution in [2.45, 2.75) is 38.4 Å². The van der Waals surface area contributed by atoms with Crippen molar-refractivity contribution in [2.24, 2.45) is 11.8 Å². The van der Waals surface area contributed by atoms with Crippen molar-refractivity contribution in [2.75, 3.05) is 13.1 Å². The van der Waals surface area contributed by atoms with Gasteiger partial charge in [-0.1, -0.05) is 0 Å². The second-order valence-corrected chi connectivity index (χ2v) is 7.61. The van der Waals surface area contributed by atoms with E-state index >= 15 is 0 Å². The Balaban J connectivity index is 2.45. The van der Waals surface area contributed by atoms with Crippen molar-refractivity contribution < 1.29 is 31.5 Å². The highest BCUT2D eigenvalue weighted by Crippen LogP contribution is 2.40. The van der Waals surface area contributed by atoms with E-state index in [-0.39, 0.29) is 10.6 Å². The Morgan fingerprint density at radius 1 is 1.33 bits per heavy atom. The number of aromatic nitrogens is 2. The molecule has 0 aliphatic carbocycles. The minimum atomic E-state index is -4.79. The zero-order valence-corrected chi connectivity index (χ0v) is 14.1. The summed E-state index contributed by atoms with van der Waals surface area (Å²) in [5.74, 6) is -5.71. The zero-order chi connectivity index (χ0) is 18.4. The van der Waals surface area contributed by atoms with E-state index in [2.05, 4.69) is 5.10 Å². The largest absolute Gasteiger partial charge is 0.481 e. The van der Waals surface area contributed by atoms with Crippen molar-refractivity contribution in [1.82, 2.24) is 14.1 Å². The maximum Gasteiger partial charge on any atom is 0.393 e. The summed E-state index contributed by atoms with van der Waals surface area (Å²) >= 11 is 0. The van der Waals surface area contributed by atoms with Crippen LogP contribution in [0.2, 0.25) is 0 Å². The summed E-state index contributed by atoms with van der Waals surface area (Å²) in [4.78, 5) is 11.0. The van der Waals surface area contributed by atoms with Crippen LogP contribution in [0.15, 0.2) is 4.90 Å². The third-order valence-electron chi connectivity index (χ3n) is 4.24. The Bertz CT molecular complexity index is 757. The molecule has 24 heavy (non-hydrogen) atoms. The lowest BCUT2D eigenvalue weighted by atomic mass is 9.96. The highest BCUT2D eigenvalue weighted by Gasteiger charge is 2.55. The first-order valence-electron chi connectivity index (χ1n) is 7.24. The molecule has 0 aromatic carbocycles.